The Balaban J connectivity index is 1.97. The maximum atomic E-state index is 13.6. The molecule has 1 aliphatic carbocycles. The van der Waals surface area contributed by atoms with Gasteiger partial charge in [0.25, 0.3) is 0 Å². The van der Waals surface area contributed by atoms with Gasteiger partial charge in [-0.15, -0.1) is 0 Å². The fourth-order valence-corrected chi connectivity index (χ4v) is 5.47. The fraction of sp³-hybridized carbons (Fsp3) is 0.593. The maximum Gasteiger partial charge on any atom is 0.247 e. The van der Waals surface area contributed by atoms with Gasteiger partial charge in [-0.05, 0) is 60.6 Å². The molecule has 0 saturated carbocycles. The van der Waals surface area contributed by atoms with E-state index in [1.54, 1.807) is 17.0 Å². The molecule has 2 aliphatic rings. The average molecular weight is 661 g/mol. The van der Waals surface area contributed by atoms with E-state index in [0.29, 0.717) is 78.3 Å². The zero-order valence-electron chi connectivity index (χ0n) is 22.3. The molecule has 3 N–H and O–H groups in total. The Kier molecular flexibility index (Phi) is 12.4. The van der Waals surface area contributed by atoms with Crippen LogP contribution in [0.2, 0.25) is 0 Å². The largest absolute Gasteiger partial charge is 0.493 e. The van der Waals surface area contributed by atoms with Gasteiger partial charge in [-0.25, -0.2) is 0 Å². The lowest BCUT2D eigenvalue weighted by Crippen LogP contribution is -2.56. The van der Waals surface area contributed by atoms with Crippen LogP contribution >= 0.6 is 22.6 Å². The molecular weight excluding hydrogens is 623 g/mol. The topological polar surface area (TPSA) is 144 Å². The lowest BCUT2D eigenvalue weighted by Gasteiger charge is -2.41. The lowest BCUT2D eigenvalue weighted by molar-refractivity contribution is -0.143. The number of rotatable bonds is 14. The van der Waals surface area contributed by atoms with E-state index in [2.05, 4.69) is 5.32 Å². The van der Waals surface area contributed by atoms with Crippen LogP contribution < -0.4 is 14.8 Å². The smallest absolute Gasteiger partial charge is 0.247 e. The molecule has 1 saturated heterocycles. The molecule has 39 heavy (non-hydrogen) atoms. The van der Waals surface area contributed by atoms with E-state index in [-0.39, 0.29) is 31.4 Å². The number of aliphatic hydroxyl groups is 2. The molecule has 1 aromatic carbocycles. The van der Waals surface area contributed by atoms with Crippen LogP contribution in [0.3, 0.4) is 0 Å². The molecule has 0 aromatic heterocycles. The summed E-state index contributed by atoms with van der Waals surface area (Å²) in [7, 11) is 1.44. The van der Waals surface area contributed by atoms with Crippen molar-refractivity contribution in [2.45, 2.75) is 44.4 Å². The number of methoxy groups -OCH3 is 1. The minimum atomic E-state index is -1.18. The summed E-state index contributed by atoms with van der Waals surface area (Å²) in [6.07, 6.45) is 1.29. The number of hydrogen-bond donors (Lipinski definition) is 3. The normalized spacial score (nSPS) is 22.6. The van der Waals surface area contributed by atoms with Gasteiger partial charge in [0.05, 0.1) is 35.9 Å². The molecule has 0 spiro atoms. The first kappa shape index (κ1) is 31.3. The number of nitrogens with zero attached hydrogens (tertiary/aromatic N) is 1. The van der Waals surface area contributed by atoms with E-state index in [4.69, 9.17) is 18.9 Å². The van der Waals surface area contributed by atoms with E-state index in [0.717, 1.165) is 0 Å². The molecule has 1 heterocycles. The van der Waals surface area contributed by atoms with Crippen molar-refractivity contribution in [2.75, 3.05) is 53.2 Å². The predicted octanol–water partition coefficient (Wildman–Crippen LogP) is 1.32. The summed E-state index contributed by atoms with van der Waals surface area (Å²) in [4.78, 5) is 39.6. The highest BCUT2D eigenvalue weighted by molar-refractivity contribution is 14.1. The molecule has 0 bridgehead atoms. The summed E-state index contributed by atoms with van der Waals surface area (Å²) in [6, 6.07) is 2.39. The SMILES string of the molecule is CCOCCCN(C(=O)C1CCOC1)[C@@H]1CC(C(=O)NCCO)=C[C@H](Oc2c(I)cc(C=O)cc2OC)[C@H]1O. The third-order valence-corrected chi connectivity index (χ3v) is 7.51. The van der Waals surface area contributed by atoms with Crippen LogP contribution in [0.15, 0.2) is 23.8 Å². The quantitative estimate of drug-likeness (QED) is 0.153. The number of hydrogen-bond acceptors (Lipinski definition) is 9. The third kappa shape index (κ3) is 8.13. The monoisotopic (exact) mass is 660 g/mol. The first-order valence-corrected chi connectivity index (χ1v) is 14.2. The molecule has 11 nitrogen and oxygen atoms in total. The summed E-state index contributed by atoms with van der Waals surface area (Å²) in [5, 5.41) is 23.4. The zero-order valence-corrected chi connectivity index (χ0v) is 24.4. The Hall–Kier alpha value is -2.26. The number of aldehydes is 1. The molecule has 1 unspecified atom stereocenters. The number of amides is 2. The van der Waals surface area contributed by atoms with E-state index in [1.165, 1.54) is 13.2 Å². The molecule has 0 radical (unpaired) electrons. The molecule has 1 aromatic rings. The Bertz CT molecular complexity index is 1030. The van der Waals surface area contributed by atoms with Gasteiger partial charge in [0.2, 0.25) is 11.8 Å². The summed E-state index contributed by atoms with van der Waals surface area (Å²) in [6.45, 7) is 3.84. The minimum Gasteiger partial charge on any atom is -0.493 e. The summed E-state index contributed by atoms with van der Waals surface area (Å²) in [5.74, 6) is -0.299. The number of halogens is 1. The lowest BCUT2D eigenvalue weighted by atomic mass is 9.87. The van der Waals surface area contributed by atoms with Crippen molar-refractivity contribution >= 4 is 40.7 Å². The van der Waals surface area contributed by atoms with E-state index in [9.17, 15) is 24.6 Å². The van der Waals surface area contributed by atoms with Crippen LogP contribution in [0.4, 0.5) is 0 Å². The first-order valence-electron chi connectivity index (χ1n) is 13.1. The standard InChI is InChI=1S/C27H37IN2O9/c1-3-37-9-4-7-30(27(35)18-5-10-38-16-18)21-13-19(26(34)29-6-8-31)14-22(24(21)33)39-25-20(28)11-17(15-32)12-23(25)36-2/h11-12,14-15,18,21-22,24,31,33H,3-10,13,16H2,1-2H3,(H,29,34)/t18?,21-,22+,24+/m1/s1. The number of carbonyl (C=O) groups is 3. The second kappa shape index (κ2) is 15.5. The van der Waals surface area contributed by atoms with Crippen LogP contribution in [0, 0.1) is 9.49 Å². The van der Waals surface area contributed by atoms with Gasteiger partial charge in [0.1, 0.15) is 18.5 Å². The van der Waals surface area contributed by atoms with E-state index < -0.39 is 24.2 Å². The van der Waals surface area contributed by atoms with Crippen molar-refractivity contribution in [1.82, 2.24) is 10.2 Å². The molecule has 2 amide bonds. The predicted molar refractivity (Wildman–Crippen MR) is 150 cm³/mol. The number of benzene rings is 1. The Morgan fingerprint density at radius 3 is 2.77 bits per heavy atom. The Morgan fingerprint density at radius 2 is 2.13 bits per heavy atom. The van der Waals surface area contributed by atoms with Crippen LogP contribution in [0.1, 0.15) is 36.5 Å². The van der Waals surface area contributed by atoms with Gasteiger partial charge < -0.3 is 39.4 Å². The average Bonchev–Trinajstić information content (AvgIpc) is 3.48. The maximum absolute atomic E-state index is 13.6. The Labute approximate surface area is 241 Å². The van der Waals surface area contributed by atoms with Crippen molar-refractivity contribution in [2.24, 2.45) is 5.92 Å². The number of nitrogens with one attached hydrogen (secondary N) is 1. The minimum absolute atomic E-state index is 0.0597. The second-order valence-electron chi connectivity index (χ2n) is 9.31. The molecule has 3 rings (SSSR count). The van der Waals surface area contributed by atoms with Gasteiger partial charge in [-0.2, -0.15) is 0 Å². The van der Waals surface area contributed by atoms with Gasteiger partial charge >= 0.3 is 0 Å². The number of aliphatic hydroxyl groups excluding tert-OH is 2. The van der Waals surface area contributed by atoms with Gasteiger partial charge in [-0.3, -0.25) is 14.4 Å². The molecule has 12 heteroatoms. The second-order valence-corrected chi connectivity index (χ2v) is 10.5. The zero-order chi connectivity index (χ0) is 28.4. The number of ether oxygens (including phenoxy) is 4. The molecule has 216 valence electrons. The van der Waals surface area contributed by atoms with Crippen molar-refractivity contribution < 1.29 is 43.5 Å². The van der Waals surface area contributed by atoms with Crippen molar-refractivity contribution in [1.29, 1.82) is 0 Å². The summed E-state index contributed by atoms with van der Waals surface area (Å²) >= 11 is 2.01. The molecule has 1 aliphatic heterocycles. The van der Waals surface area contributed by atoms with E-state index in [1.807, 2.05) is 29.5 Å². The van der Waals surface area contributed by atoms with Gasteiger partial charge in [0, 0.05) is 50.5 Å². The molecular formula is C27H37IN2O9. The Morgan fingerprint density at radius 1 is 1.33 bits per heavy atom. The molecule has 4 atom stereocenters. The first-order chi connectivity index (χ1) is 18.8. The van der Waals surface area contributed by atoms with Crippen molar-refractivity contribution in [3.63, 3.8) is 0 Å². The number of carbonyl (C=O) groups excluding carboxylic acids is 3. The van der Waals surface area contributed by atoms with Crippen molar-refractivity contribution in [3.8, 4) is 11.5 Å². The highest BCUT2D eigenvalue weighted by Crippen LogP contribution is 2.37. The van der Waals surface area contributed by atoms with Gasteiger partial charge in [0.15, 0.2) is 11.5 Å². The fourth-order valence-electron chi connectivity index (χ4n) is 4.72. The van der Waals surface area contributed by atoms with Crippen LogP contribution in [-0.2, 0) is 19.1 Å². The summed E-state index contributed by atoms with van der Waals surface area (Å²) in [5.41, 5.74) is 0.725. The van der Waals surface area contributed by atoms with Crippen molar-refractivity contribution in [3.05, 3.63) is 32.9 Å². The molecule has 1 fully saturated rings. The summed E-state index contributed by atoms with van der Waals surface area (Å²) < 4.78 is 23.2. The highest BCUT2D eigenvalue weighted by Gasteiger charge is 2.42. The van der Waals surface area contributed by atoms with Gasteiger partial charge in [-0.1, -0.05) is 0 Å². The van der Waals surface area contributed by atoms with E-state index >= 15 is 0 Å². The third-order valence-electron chi connectivity index (χ3n) is 6.71. The van der Waals surface area contributed by atoms with Crippen LogP contribution in [0.25, 0.3) is 0 Å². The van der Waals surface area contributed by atoms with Crippen LogP contribution in [0.5, 0.6) is 11.5 Å². The highest BCUT2D eigenvalue weighted by atomic mass is 127. The van der Waals surface area contributed by atoms with Crippen LogP contribution in [-0.4, -0.2) is 105 Å².